The van der Waals surface area contributed by atoms with Gasteiger partial charge in [-0.15, -0.1) is 0 Å². The Hall–Kier alpha value is -2.93. The summed E-state index contributed by atoms with van der Waals surface area (Å²) in [4.78, 5) is 12.6. The van der Waals surface area contributed by atoms with Gasteiger partial charge in [-0.25, -0.2) is 32.2 Å². The maximum Gasteiger partial charge on any atom is 0.236 e. The molecule has 2 N–H and O–H groups in total. The predicted octanol–water partition coefficient (Wildman–Crippen LogP) is 2.36. The molecule has 2 saturated heterocycles. The zero-order valence-corrected chi connectivity index (χ0v) is 18.7. The summed E-state index contributed by atoms with van der Waals surface area (Å²) in [6.07, 6.45) is 6.48. The van der Waals surface area contributed by atoms with E-state index in [0.717, 1.165) is 25.5 Å². The molecule has 2 aliphatic rings. The van der Waals surface area contributed by atoms with Gasteiger partial charge >= 0.3 is 0 Å². The third-order valence-electron chi connectivity index (χ3n) is 5.56. The molecule has 2 aliphatic heterocycles. The van der Waals surface area contributed by atoms with Gasteiger partial charge in [0.2, 0.25) is 10.0 Å². The van der Waals surface area contributed by atoms with Crippen LogP contribution in [-0.4, -0.2) is 66.4 Å². The van der Waals surface area contributed by atoms with Gasteiger partial charge in [0.15, 0.2) is 28.9 Å². The summed E-state index contributed by atoms with van der Waals surface area (Å²) in [6.45, 7) is 1.82. The van der Waals surface area contributed by atoms with E-state index in [9.17, 15) is 21.6 Å². The van der Waals surface area contributed by atoms with Gasteiger partial charge in [0.25, 0.3) is 0 Å². The van der Waals surface area contributed by atoms with E-state index in [-0.39, 0.29) is 34.8 Å². The molecule has 9 nitrogen and oxygen atoms in total. The van der Waals surface area contributed by atoms with Gasteiger partial charge in [-0.05, 0) is 25.8 Å². The van der Waals surface area contributed by atoms with Crippen LogP contribution >= 0.6 is 0 Å². The summed E-state index contributed by atoms with van der Waals surface area (Å²) in [6, 6.07) is 0.798. The molecular weight excluding hydrogens is 459 g/mol. The minimum Gasteiger partial charge on any atom is -0.364 e. The zero-order chi connectivity index (χ0) is 23.6. The van der Waals surface area contributed by atoms with Crippen LogP contribution in [0.2, 0.25) is 0 Å². The quantitative estimate of drug-likeness (QED) is 0.587. The van der Waals surface area contributed by atoms with Gasteiger partial charge in [-0.3, -0.25) is 13.1 Å². The number of nitrogens with zero attached hydrogens (tertiary/aromatic N) is 5. The maximum absolute atomic E-state index is 14.7. The number of sulfonamides is 1. The van der Waals surface area contributed by atoms with Gasteiger partial charge in [0, 0.05) is 25.2 Å². The molecule has 5 heterocycles. The van der Waals surface area contributed by atoms with Crippen LogP contribution in [0.15, 0.2) is 24.7 Å². The summed E-state index contributed by atoms with van der Waals surface area (Å²) >= 11 is 0. The van der Waals surface area contributed by atoms with Crippen LogP contribution in [-0.2, 0) is 10.0 Å². The molecule has 1 unspecified atom stereocenters. The van der Waals surface area contributed by atoms with Gasteiger partial charge in [0.05, 0.1) is 37.2 Å². The minimum atomic E-state index is -3.46. The van der Waals surface area contributed by atoms with Crippen molar-refractivity contribution in [3.05, 3.63) is 36.3 Å². The van der Waals surface area contributed by atoms with E-state index in [2.05, 4.69) is 25.6 Å². The third kappa shape index (κ3) is 4.60. The van der Waals surface area contributed by atoms with Crippen molar-refractivity contribution in [1.29, 1.82) is 0 Å². The molecule has 0 aromatic carbocycles. The molecule has 13 heteroatoms. The molecule has 1 atom stereocenters. The Morgan fingerprint density at radius 2 is 1.97 bits per heavy atom. The van der Waals surface area contributed by atoms with Crippen LogP contribution in [0.5, 0.6) is 0 Å². The molecule has 0 saturated carbocycles. The highest BCUT2D eigenvalue weighted by atomic mass is 32.2. The van der Waals surface area contributed by atoms with Crippen LogP contribution in [0.1, 0.15) is 19.3 Å². The minimum absolute atomic E-state index is 0.00241. The monoisotopic (exact) mass is 483 g/mol. The highest BCUT2D eigenvalue weighted by Gasteiger charge is 2.28. The van der Waals surface area contributed by atoms with Crippen LogP contribution < -0.4 is 14.9 Å². The number of aromatic nitrogens is 4. The molecule has 0 bridgehead atoms. The molecular formula is C20H24F3N7O2S. The standard InChI is InChI=1S/C19H21F2N7O2S.CH3F/c20-13-7-14(21)19(25-12-3-4-22-8-12)26-18(13)15-9-23-16-10-24-17(11-27(15)16)28-5-1-2-6-31(28,29)30;1-2/h7,9-12,22H,1-6,8H2,(H,25,26);1H3. The summed E-state index contributed by atoms with van der Waals surface area (Å²) in [5, 5.41) is 6.19. The Kier molecular flexibility index (Phi) is 6.70. The summed E-state index contributed by atoms with van der Waals surface area (Å²) < 4.78 is 66.2. The molecule has 33 heavy (non-hydrogen) atoms. The lowest BCUT2D eigenvalue weighted by atomic mass is 10.2. The first-order valence-electron chi connectivity index (χ1n) is 10.5. The number of rotatable bonds is 4. The first-order chi connectivity index (χ1) is 15.9. The number of halogens is 3. The molecule has 178 valence electrons. The molecule has 0 spiro atoms. The van der Waals surface area contributed by atoms with Gasteiger partial charge in [-0.1, -0.05) is 0 Å². The Labute approximate surface area is 189 Å². The van der Waals surface area contributed by atoms with E-state index in [0.29, 0.717) is 32.3 Å². The molecule has 3 aromatic heterocycles. The highest BCUT2D eigenvalue weighted by molar-refractivity contribution is 7.92. The van der Waals surface area contributed by atoms with E-state index in [1.165, 1.54) is 27.3 Å². The van der Waals surface area contributed by atoms with Crippen molar-refractivity contribution in [1.82, 2.24) is 24.7 Å². The number of fused-ring (bicyclic) bond motifs is 1. The largest absolute Gasteiger partial charge is 0.364 e. The SMILES string of the molecule is CF.O=S1(=O)CCCCN1c1cn2c(-c3nc(NC4CCNC4)c(F)cc3F)cnc2cn1. The lowest BCUT2D eigenvalue weighted by Gasteiger charge is -2.27. The topological polar surface area (TPSA) is 105 Å². The molecule has 3 aromatic rings. The van der Waals surface area contributed by atoms with E-state index in [1.54, 1.807) is 0 Å². The van der Waals surface area contributed by atoms with Gasteiger partial charge in [-0.2, -0.15) is 0 Å². The van der Waals surface area contributed by atoms with E-state index in [4.69, 9.17) is 0 Å². The van der Waals surface area contributed by atoms with Crippen molar-refractivity contribution in [2.24, 2.45) is 0 Å². The molecule has 0 radical (unpaired) electrons. The second-order valence-electron chi connectivity index (χ2n) is 7.70. The van der Waals surface area contributed by atoms with Crippen LogP contribution in [0, 0.1) is 11.6 Å². The average molecular weight is 484 g/mol. The van der Waals surface area contributed by atoms with Crippen molar-refractivity contribution in [2.45, 2.75) is 25.3 Å². The predicted molar refractivity (Wildman–Crippen MR) is 118 cm³/mol. The first-order valence-corrected chi connectivity index (χ1v) is 12.1. The number of nitrogens with one attached hydrogen (secondary N) is 2. The Morgan fingerprint density at radius 3 is 2.70 bits per heavy atom. The van der Waals surface area contributed by atoms with E-state index >= 15 is 0 Å². The van der Waals surface area contributed by atoms with Gasteiger partial charge in [0.1, 0.15) is 5.69 Å². The number of hydrogen-bond acceptors (Lipinski definition) is 7. The van der Waals surface area contributed by atoms with Crippen molar-refractivity contribution >= 4 is 27.3 Å². The Morgan fingerprint density at radius 1 is 1.15 bits per heavy atom. The van der Waals surface area contributed by atoms with Crippen molar-refractivity contribution in [2.75, 3.05) is 42.2 Å². The average Bonchev–Trinajstić information content (AvgIpc) is 3.46. The van der Waals surface area contributed by atoms with Crippen molar-refractivity contribution in [3.8, 4) is 11.4 Å². The number of pyridine rings is 1. The fraction of sp³-hybridized carbons (Fsp3) is 0.450. The Balaban J connectivity index is 0.00000126. The highest BCUT2D eigenvalue weighted by Crippen LogP contribution is 2.28. The third-order valence-corrected chi connectivity index (χ3v) is 7.41. The molecule has 5 rings (SSSR count). The molecule has 2 fully saturated rings. The fourth-order valence-electron chi connectivity index (χ4n) is 3.95. The van der Waals surface area contributed by atoms with Crippen molar-refractivity contribution in [3.63, 3.8) is 0 Å². The molecule has 0 amide bonds. The summed E-state index contributed by atoms with van der Waals surface area (Å²) in [5.74, 6) is -1.36. The van der Waals surface area contributed by atoms with E-state index in [1.807, 2.05) is 0 Å². The lowest BCUT2D eigenvalue weighted by Crippen LogP contribution is -2.38. The van der Waals surface area contributed by atoms with Crippen LogP contribution in [0.25, 0.3) is 17.0 Å². The van der Waals surface area contributed by atoms with Gasteiger partial charge < -0.3 is 10.6 Å². The Bertz CT molecular complexity index is 1250. The smallest absolute Gasteiger partial charge is 0.236 e. The summed E-state index contributed by atoms with van der Waals surface area (Å²) in [7, 11) is -2.96. The lowest BCUT2D eigenvalue weighted by molar-refractivity contribution is 0.572. The first kappa shape index (κ1) is 23.2. The normalized spacial score (nSPS) is 19.9. The van der Waals surface area contributed by atoms with E-state index < -0.39 is 21.7 Å². The maximum atomic E-state index is 14.7. The zero-order valence-electron chi connectivity index (χ0n) is 17.9. The van der Waals surface area contributed by atoms with Crippen LogP contribution in [0.3, 0.4) is 0 Å². The number of hydrogen-bond donors (Lipinski definition) is 2. The van der Waals surface area contributed by atoms with Crippen molar-refractivity contribution < 1.29 is 21.6 Å². The number of alkyl halides is 1. The molecule has 0 aliphatic carbocycles. The second kappa shape index (κ2) is 9.51. The second-order valence-corrected chi connectivity index (χ2v) is 9.71. The summed E-state index contributed by atoms with van der Waals surface area (Å²) in [5.41, 5.74) is 0.590. The number of imidazole rings is 1. The fourth-order valence-corrected chi connectivity index (χ4v) is 5.52. The number of anilines is 2. The van der Waals surface area contributed by atoms with Crippen LogP contribution in [0.4, 0.5) is 24.8 Å².